The van der Waals surface area contributed by atoms with E-state index >= 15 is 0 Å². The molecule has 0 saturated heterocycles. The van der Waals surface area contributed by atoms with Crippen LogP contribution < -0.4 is 0 Å². The lowest BCUT2D eigenvalue weighted by Crippen LogP contribution is -2.44. The molecule has 1 N–H and O–H groups in total. The number of rotatable bonds is 8. The Bertz CT molecular complexity index is 684. The van der Waals surface area contributed by atoms with E-state index in [2.05, 4.69) is 36.1 Å². The van der Waals surface area contributed by atoms with Crippen LogP contribution in [0, 0.1) is 0 Å². The zero-order valence-electron chi connectivity index (χ0n) is 15.1. The molecule has 1 unspecified atom stereocenters. The quantitative estimate of drug-likeness (QED) is 0.727. The van der Waals surface area contributed by atoms with Crippen molar-refractivity contribution in [1.82, 2.24) is 4.90 Å². The molecular formula is C22H28N2O. The van der Waals surface area contributed by atoms with Crippen molar-refractivity contribution in [1.29, 1.82) is 0 Å². The summed E-state index contributed by atoms with van der Waals surface area (Å²) in [5.41, 5.74) is 1.20. The van der Waals surface area contributed by atoms with Gasteiger partial charge in [0.2, 0.25) is 0 Å². The lowest BCUT2D eigenvalue weighted by molar-refractivity contribution is 0.0844. The molecule has 25 heavy (non-hydrogen) atoms. The number of aliphatic hydroxyl groups is 1. The second-order valence-corrected chi connectivity index (χ2v) is 6.80. The number of hydrogen-bond acceptors (Lipinski definition) is 3. The topological polar surface area (TPSA) is 35.8 Å². The van der Waals surface area contributed by atoms with Crippen LogP contribution in [0.4, 0.5) is 0 Å². The Hall–Kier alpha value is -2.13. The summed E-state index contributed by atoms with van der Waals surface area (Å²) < 4.78 is 0. The van der Waals surface area contributed by atoms with Crippen LogP contribution in [0.25, 0.3) is 0 Å². The summed E-state index contributed by atoms with van der Waals surface area (Å²) in [5.74, 6) is 0.832. The molecule has 132 valence electrons. The highest BCUT2D eigenvalue weighted by Gasteiger charge is 2.39. The molecule has 1 atom stereocenters. The molecule has 0 aromatic heterocycles. The molecule has 2 aromatic rings. The molecule has 3 rings (SSSR count). The fourth-order valence-electron chi connectivity index (χ4n) is 3.56. The summed E-state index contributed by atoms with van der Waals surface area (Å²) in [4.78, 5) is 6.98. The highest BCUT2D eigenvalue weighted by atomic mass is 16.3. The van der Waals surface area contributed by atoms with Crippen molar-refractivity contribution in [3.8, 4) is 0 Å². The monoisotopic (exact) mass is 336 g/mol. The molecular weight excluding hydrogens is 308 g/mol. The van der Waals surface area contributed by atoms with E-state index in [4.69, 9.17) is 4.99 Å². The maximum atomic E-state index is 11.7. The number of hydrogen-bond donors (Lipinski definition) is 1. The zero-order valence-corrected chi connectivity index (χ0v) is 15.1. The van der Waals surface area contributed by atoms with Crippen molar-refractivity contribution >= 4 is 5.84 Å². The molecule has 3 heteroatoms. The highest BCUT2D eigenvalue weighted by molar-refractivity contribution is 5.92. The molecule has 2 aromatic carbocycles. The van der Waals surface area contributed by atoms with Crippen molar-refractivity contribution in [3.63, 3.8) is 0 Å². The zero-order chi connectivity index (χ0) is 17.5. The normalized spacial score (nSPS) is 16.6. The Morgan fingerprint density at radius 3 is 2.36 bits per heavy atom. The smallest absolute Gasteiger partial charge is 0.146 e. The van der Waals surface area contributed by atoms with Gasteiger partial charge in [-0.05, 0) is 24.0 Å². The molecule has 1 aliphatic rings. The van der Waals surface area contributed by atoms with E-state index in [0.29, 0.717) is 0 Å². The van der Waals surface area contributed by atoms with Crippen molar-refractivity contribution in [2.45, 2.75) is 44.8 Å². The average molecular weight is 336 g/mol. The minimum Gasteiger partial charge on any atom is -0.377 e. The van der Waals surface area contributed by atoms with Crippen LogP contribution in [-0.2, 0) is 12.1 Å². The third kappa shape index (κ3) is 4.10. The van der Waals surface area contributed by atoms with Gasteiger partial charge in [-0.2, -0.15) is 0 Å². The lowest BCUT2D eigenvalue weighted by atomic mass is 9.86. The molecule has 0 saturated carbocycles. The molecule has 0 aliphatic carbocycles. The molecule has 1 heterocycles. The Labute approximate surface area is 151 Å². The summed E-state index contributed by atoms with van der Waals surface area (Å²) in [7, 11) is 0. The first-order chi connectivity index (χ1) is 12.2. The van der Waals surface area contributed by atoms with E-state index in [0.717, 1.165) is 56.7 Å². The van der Waals surface area contributed by atoms with Crippen LogP contribution >= 0.6 is 0 Å². The molecule has 0 spiro atoms. The van der Waals surface area contributed by atoms with Crippen LogP contribution in [0.15, 0.2) is 65.7 Å². The van der Waals surface area contributed by atoms with Gasteiger partial charge in [0.15, 0.2) is 0 Å². The molecule has 0 amide bonds. The number of benzene rings is 2. The van der Waals surface area contributed by atoms with E-state index in [1.807, 2.05) is 36.4 Å². The summed E-state index contributed by atoms with van der Waals surface area (Å²) in [5, 5.41) is 11.7. The van der Waals surface area contributed by atoms with Crippen molar-refractivity contribution < 1.29 is 5.11 Å². The van der Waals surface area contributed by atoms with Gasteiger partial charge in [-0.15, -0.1) is 0 Å². The first kappa shape index (κ1) is 17.7. The van der Waals surface area contributed by atoms with E-state index in [9.17, 15) is 5.11 Å². The van der Waals surface area contributed by atoms with Crippen LogP contribution in [0.1, 0.15) is 43.7 Å². The van der Waals surface area contributed by atoms with Gasteiger partial charge in [-0.1, -0.05) is 80.4 Å². The summed E-state index contributed by atoms with van der Waals surface area (Å²) in [6.45, 7) is 4.61. The van der Waals surface area contributed by atoms with Gasteiger partial charge in [-0.25, -0.2) is 0 Å². The highest BCUT2D eigenvalue weighted by Crippen LogP contribution is 2.33. The largest absolute Gasteiger partial charge is 0.377 e. The van der Waals surface area contributed by atoms with Crippen LogP contribution in [0.2, 0.25) is 0 Å². The van der Waals surface area contributed by atoms with Crippen molar-refractivity contribution in [2.24, 2.45) is 4.99 Å². The maximum Gasteiger partial charge on any atom is 0.146 e. The molecule has 1 aliphatic heterocycles. The summed E-state index contributed by atoms with van der Waals surface area (Å²) in [6, 6.07) is 20.5. The summed E-state index contributed by atoms with van der Waals surface area (Å²) >= 11 is 0. The van der Waals surface area contributed by atoms with E-state index < -0.39 is 5.60 Å². The van der Waals surface area contributed by atoms with Gasteiger partial charge >= 0.3 is 0 Å². The van der Waals surface area contributed by atoms with Gasteiger partial charge in [0, 0.05) is 13.1 Å². The molecule has 3 nitrogen and oxygen atoms in total. The van der Waals surface area contributed by atoms with E-state index in [-0.39, 0.29) is 0 Å². The Morgan fingerprint density at radius 2 is 1.68 bits per heavy atom. The number of unbranched alkanes of at least 4 members (excludes halogenated alkanes) is 2. The fourth-order valence-corrected chi connectivity index (χ4v) is 3.56. The molecule has 0 fully saturated rings. The van der Waals surface area contributed by atoms with E-state index in [1.54, 1.807) is 0 Å². The predicted molar refractivity (Wildman–Crippen MR) is 104 cm³/mol. The maximum absolute atomic E-state index is 11.7. The van der Waals surface area contributed by atoms with Gasteiger partial charge in [0.1, 0.15) is 11.4 Å². The molecule has 0 bridgehead atoms. The number of amidine groups is 1. The van der Waals surface area contributed by atoms with Crippen LogP contribution in [-0.4, -0.2) is 28.9 Å². The second kappa shape index (κ2) is 8.30. The van der Waals surface area contributed by atoms with Crippen LogP contribution in [0.3, 0.4) is 0 Å². The fraction of sp³-hybridized carbons (Fsp3) is 0.409. The van der Waals surface area contributed by atoms with Gasteiger partial charge in [0.25, 0.3) is 0 Å². The predicted octanol–water partition coefficient (Wildman–Crippen LogP) is 4.37. The standard InChI is InChI=1S/C22H28N2O/c1-2-3-10-15-22(25,20-13-8-5-9-14-20)21-23-16-17-24(21)18-19-11-6-4-7-12-19/h4-9,11-14,25H,2-3,10,15-18H2,1H3. The van der Waals surface area contributed by atoms with Crippen LogP contribution in [0.5, 0.6) is 0 Å². The Kier molecular flexibility index (Phi) is 5.87. The van der Waals surface area contributed by atoms with Gasteiger partial charge < -0.3 is 10.0 Å². The second-order valence-electron chi connectivity index (χ2n) is 6.80. The van der Waals surface area contributed by atoms with E-state index in [1.165, 1.54) is 5.56 Å². The average Bonchev–Trinajstić information content (AvgIpc) is 3.12. The lowest BCUT2D eigenvalue weighted by Gasteiger charge is -2.34. The first-order valence-electron chi connectivity index (χ1n) is 9.36. The SMILES string of the molecule is CCCCCC(O)(C1=NCCN1Cc1ccccc1)c1ccccc1. The number of aliphatic imine (C=N–C) groups is 1. The Balaban J connectivity index is 1.86. The third-order valence-corrected chi connectivity index (χ3v) is 4.91. The first-order valence-corrected chi connectivity index (χ1v) is 9.36. The number of nitrogens with zero attached hydrogens (tertiary/aromatic N) is 2. The van der Waals surface area contributed by atoms with Gasteiger partial charge in [0.05, 0.1) is 6.54 Å². The van der Waals surface area contributed by atoms with Crippen molar-refractivity contribution in [2.75, 3.05) is 13.1 Å². The van der Waals surface area contributed by atoms with Crippen molar-refractivity contribution in [3.05, 3.63) is 71.8 Å². The van der Waals surface area contributed by atoms with Gasteiger partial charge in [-0.3, -0.25) is 4.99 Å². The Morgan fingerprint density at radius 1 is 1.00 bits per heavy atom. The third-order valence-electron chi connectivity index (χ3n) is 4.91. The molecule has 0 radical (unpaired) electrons. The minimum absolute atomic E-state index is 0.717. The summed E-state index contributed by atoms with van der Waals surface area (Å²) in [6.07, 6.45) is 3.99. The minimum atomic E-state index is -0.998.